The Morgan fingerprint density at radius 3 is 2.76 bits per heavy atom. The predicted molar refractivity (Wildman–Crippen MR) is 119 cm³/mol. The fourth-order valence-electron chi connectivity index (χ4n) is 4.78. The second-order valence-corrected chi connectivity index (χ2v) is 8.88. The largest absolute Gasteiger partial charge is 0.396 e. The minimum absolute atomic E-state index is 0.116. The summed E-state index contributed by atoms with van der Waals surface area (Å²) in [5, 5.41) is 33.0. The first kappa shape index (κ1) is 24.2. The van der Waals surface area contributed by atoms with Gasteiger partial charge in [0.05, 0.1) is 12.2 Å². The zero-order chi connectivity index (χ0) is 21.1. The molecule has 2 fully saturated rings. The van der Waals surface area contributed by atoms with E-state index in [1.54, 1.807) is 5.57 Å². The molecular weight excluding hydrogens is 362 g/mol. The Morgan fingerprint density at radius 2 is 2.00 bits per heavy atom. The first-order valence-electron chi connectivity index (χ1n) is 11.5. The molecule has 4 heteroatoms. The summed E-state index contributed by atoms with van der Waals surface area (Å²) in [5.41, 5.74) is 1.56. The monoisotopic (exact) mass is 403 g/mol. The maximum absolute atomic E-state index is 10.5. The van der Waals surface area contributed by atoms with E-state index in [2.05, 4.69) is 29.3 Å². The van der Waals surface area contributed by atoms with E-state index in [0.29, 0.717) is 18.3 Å². The van der Waals surface area contributed by atoms with E-state index in [4.69, 9.17) is 5.11 Å². The van der Waals surface area contributed by atoms with Gasteiger partial charge in [0.1, 0.15) is 0 Å². The highest BCUT2D eigenvalue weighted by Gasteiger charge is 2.44. The zero-order valence-electron chi connectivity index (χ0n) is 18.3. The molecule has 2 aliphatic rings. The topological polar surface area (TPSA) is 72.7 Å². The van der Waals surface area contributed by atoms with Crippen molar-refractivity contribution >= 4 is 0 Å². The van der Waals surface area contributed by atoms with Gasteiger partial charge < -0.3 is 20.6 Å². The van der Waals surface area contributed by atoms with Crippen molar-refractivity contribution in [3.63, 3.8) is 0 Å². The van der Waals surface area contributed by atoms with Crippen LogP contribution in [0.4, 0.5) is 0 Å². The Kier molecular flexibility index (Phi) is 11.0. The molecule has 0 aliphatic heterocycles. The summed E-state index contributed by atoms with van der Waals surface area (Å²) in [4.78, 5) is 0. The average molecular weight is 404 g/mol. The normalized spacial score (nSPS) is 29.8. The minimum atomic E-state index is -0.496. The van der Waals surface area contributed by atoms with Crippen molar-refractivity contribution in [3.8, 4) is 11.8 Å². The highest BCUT2D eigenvalue weighted by atomic mass is 16.3. The molecule has 0 unspecified atom stereocenters. The molecule has 29 heavy (non-hydrogen) atoms. The van der Waals surface area contributed by atoms with Crippen LogP contribution in [0.3, 0.4) is 0 Å². The van der Waals surface area contributed by atoms with Crippen LogP contribution in [0.5, 0.6) is 0 Å². The molecule has 2 rings (SSSR count). The molecule has 0 aromatic carbocycles. The number of aliphatic hydroxyl groups is 3. The summed E-state index contributed by atoms with van der Waals surface area (Å²) in [7, 11) is 0. The smallest absolute Gasteiger partial charge is 0.0755 e. The maximum atomic E-state index is 10.5. The number of fused-ring (bicyclic) bond motifs is 1. The van der Waals surface area contributed by atoms with E-state index in [9.17, 15) is 10.2 Å². The fourth-order valence-corrected chi connectivity index (χ4v) is 4.78. The predicted octanol–water partition coefficient (Wildman–Crippen LogP) is 3.43. The van der Waals surface area contributed by atoms with Gasteiger partial charge in [-0.1, -0.05) is 30.7 Å². The molecular formula is C25H41NO3. The summed E-state index contributed by atoms with van der Waals surface area (Å²) >= 11 is 0. The van der Waals surface area contributed by atoms with Crippen LogP contribution < -0.4 is 5.32 Å². The molecule has 6 atom stereocenters. The zero-order valence-corrected chi connectivity index (χ0v) is 18.3. The Labute approximate surface area is 177 Å². The summed E-state index contributed by atoms with van der Waals surface area (Å²) < 4.78 is 0. The van der Waals surface area contributed by atoms with Crippen LogP contribution in [0, 0.1) is 35.5 Å². The molecule has 0 aromatic rings. The van der Waals surface area contributed by atoms with Gasteiger partial charge in [0.15, 0.2) is 0 Å². The van der Waals surface area contributed by atoms with Gasteiger partial charge in [-0.25, -0.2) is 0 Å². The van der Waals surface area contributed by atoms with Crippen LogP contribution in [0.25, 0.3) is 0 Å². The Balaban J connectivity index is 1.75. The van der Waals surface area contributed by atoms with E-state index in [-0.39, 0.29) is 24.5 Å². The third kappa shape index (κ3) is 7.90. The Hall–Kier alpha value is -1.12. The van der Waals surface area contributed by atoms with Gasteiger partial charge >= 0.3 is 0 Å². The number of rotatable bonds is 12. The second kappa shape index (κ2) is 13.2. The standard InChI is InChI=1S/C25H41NO3/c1-3-4-9-19(2)24(28)12-11-22-23-17-20(16-21(23)18-25(22)29)10-6-5-7-13-26-14-8-15-27/h10-12,19,21-29H,5-9,13-18H2,1-2H3/t19-,21+,22-,23+,24-,25-/m1/s1. The molecule has 0 aromatic heterocycles. The molecule has 2 saturated carbocycles. The molecule has 0 amide bonds. The van der Waals surface area contributed by atoms with Crippen LogP contribution in [0.1, 0.15) is 65.2 Å². The van der Waals surface area contributed by atoms with Crippen LogP contribution in [0.15, 0.2) is 23.8 Å². The molecule has 0 bridgehead atoms. The van der Waals surface area contributed by atoms with Crippen molar-refractivity contribution in [1.29, 1.82) is 0 Å². The minimum Gasteiger partial charge on any atom is -0.396 e. The fraction of sp³-hybridized carbons (Fsp3) is 0.760. The highest BCUT2D eigenvalue weighted by molar-refractivity contribution is 5.18. The van der Waals surface area contributed by atoms with Crippen molar-refractivity contribution in [2.45, 2.75) is 77.4 Å². The maximum Gasteiger partial charge on any atom is 0.0755 e. The summed E-state index contributed by atoms with van der Waals surface area (Å²) in [6.07, 6.45) is 13.8. The molecule has 164 valence electrons. The molecule has 0 radical (unpaired) electrons. The number of aliphatic hydroxyl groups excluding tert-OH is 3. The SMILES string of the molecule is CC#CC[C@@H](C)[C@H](O)C=C[C@@H]1[C@H]2CC(=CCCCCNCCCO)C[C@H]2C[C@H]1O. The van der Waals surface area contributed by atoms with Gasteiger partial charge in [0, 0.05) is 18.9 Å². The molecule has 0 heterocycles. The average Bonchev–Trinajstić information content (AvgIpc) is 3.22. The lowest BCUT2D eigenvalue weighted by molar-refractivity contribution is 0.137. The van der Waals surface area contributed by atoms with Gasteiger partial charge in [-0.05, 0) is 82.7 Å². The van der Waals surface area contributed by atoms with Crippen LogP contribution in [-0.4, -0.2) is 47.2 Å². The van der Waals surface area contributed by atoms with Gasteiger partial charge in [-0.3, -0.25) is 0 Å². The lowest BCUT2D eigenvalue weighted by Gasteiger charge is -2.19. The molecule has 0 spiro atoms. The number of hydrogen-bond donors (Lipinski definition) is 4. The van der Waals surface area contributed by atoms with Gasteiger partial charge in [0.2, 0.25) is 0 Å². The third-order valence-electron chi connectivity index (χ3n) is 6.58. The third-order valence-corrected chi connectivity index (χ3v) is 6.58. The molecule has 0 saturated heterocycles. The Morgan fingerprint density at radius 1 is 1.21 bits per heavy atom. The van der Waals surface area contributed by atoms with Crippen molar-refractivity contribution in [1.82, 2.24) is 5.32 Å². The van der Waals surface area contributed by atoms with Gasteiger partial charge in [-0.15, -0.1) is 11.8 Å². The number of nitrogens with one attached hydrogen (secondary N) is 1. The highest BCUT2D eigenvalue weighted by Crippen LogP contribution is 2.50. The van der Waals surface area contributed by atoms with Crippen molar-refractivity contribution in [2.24, 2.45) is 23.7 Å². The van der Waals surface area contributed by atoms with E-state index < -0.39 is 6.10 Å². The number of hydrogen-bond acceptors (Lipinski definition) is 4. The molecule has 4 nitrogen and oxygen atoms in total. The second-order valence-electron chi connectivity index (χ2n) is 8.88. The molecule has 2 aliphatic carbocycles. The van der Waals surface area contributed by atoms with Crippen LogP contribution >= 0.6 is 0 Å². The number of unbranched alkanes of at least 4 members (excludes halogenated alkanes) is 2. The van der Waals surface area contributed by atoms with Gasteiger partial charge in [0.25, 0.3) is 0 Å². The van der Waals surface area contributed by atoms with E-state index in [0.717, 1.165) is 45.2 Å². The van der Waals surface area contributed by atoms with E-state index in [1.165, 1.54) is 12.8 Å². The van der Waals surface area contributed by atoms with Crippen molar-refractivity contribution < 1.29 is 15.3 Å². The Bertz CT molecular complexity index is 589. The van der Waals surface area contributed by atoms with Crippen molar-refractivity contribution in [3.05, 3.63) is 23.8 Å². The van der Waals surface area contributed by atoms with E-state index in [1.807, 2.05) is 19.9 Å². The summed E-state index contributed by atoms with van der Waals surface area (Å²) in [5.74, 6) is 7.31. The number of allylic oxidation sites excluding steroid dienone is 2. The van der Waals surface area contributed by atoms with E-state index >= 15 is 0 Å². The van der Waals surface area contributed by atoms with Crippen LogP contribution in [-0.2, 0) is 0 Å². The lowest BCUT2D eigenvalue weighted by Crippen LogP contribution is -2.19. The first-order chi connectivity index (χ1) is 14.1. The molecule has 4 N–H and O–H groups in total. The quantitative estimate of drug-likeness (QED) is 0.229. The summed E-state index contributed by atoms with van der Waals surface area (Å²) in [6.45, 7) is 6.03. The van der Waals surface area contributed by atoms with Gasteiger partial charge in [-0.2, -0.15) is 0 Å². The van der Waals surface area contributed by atoms with Crippen LogP contribution in [0.2, 0.25) is 0 Å². The summed E-state index contributed by atoms with van der Waals surface area (Å²) in [6, 6.07) is 0. The lowest BCUT2D eigenvalue weighted by atomic mass is 9.89. The first-order valence-corrected chi connectivity index (χ1v) is 11.5. The van der Waals surface area contributed by atoms with Crippen molar-refractivity contribution in [2.75, 3.05) is 19.7 Å².